The van der Waals surface area contributed by atoms with Crippen LogP contribution in [-0.4, -0.2) is 56.5 Å². The van der Waals surface area contributed by atoms with Crippen molar-refractivity contribution in [3.8, 4) is 17.0 Å². The van der Waals surface area contributed by atoms with E-state index in [-0.39, 0.29) is 24.7 Å². The monoisotopic (exact) mass is 473 g/mol. The van der Waals surface area contributed by atoms with E-state index in [1.165, 1.54) is 15.6 Å². The zero-order valence-electron chi connectivity index (χ0n) is 17.6. The van der Waals surface area contributed by atoms with Crippen molar-refractivity contribution in [2.75, 3.05) is 32.2 Å². The standard InChI is InChI=1S/C22H23N3O5S2/c1-15-3-9-18(10-4-15)32(27,28)25-11-12-30-13-20(25)21(26)24-22-23-19(14-31-22)16-5-7-17(29-2)8-6-16/h3-10,14,20H,11-13H2,1-2H3,(H,23,24,26). The molecule has 32 heavy (non-hydrogen) atoms. The van der Waals surface area contributed by atoms with E-state index in [1.54, 1.807) is 31.4 Å². The van der Waals surface area contributed by atoms with Crippen LogP contribution in [0.25, 0.3) is 11.3 Å². The summed E-state index contributed by atoms with van der Waals surface area (Å²) in [7, 11) is -2.25. The van der Waals surface area contributed by atoms with Gasteiger partial charge in [0.1, 0.15) is 11.8 Å². The largest absolute Gasteiger partial charge is 0.497 e. The first kappa shape index (κ1) is 22.4. The minimum absolute atomic E-state index is 0.0202. The van der Waals surface area contributed by atoms with Gasteiger partial charge in [0.15, 0.2) is 5.13 Å². The Bertz CT molecular complexity index is 1190. The third kappa shape index (κ3) is 4.68. The number of nitrogens with one attached hydrogen (secondary N) is 1. The van der Waals surface area contributed by atoms with Gasteiger partial charge in [0, 0.05) is 17.5 Å². The fourth-order valence-electron chi connectivity index (χ4n) is 3.34. The van der Waals surface area contributed by atoms with Gasteiger partial charge < -0.3 is 14.8 Å². The summed E-state index contributed by atoms with van der Waals surface area (Å²) in [5.41, 5.74) is 2.54. The maximum absolute atomic E-state index is 13.2. The van der Waals surface area contributed by atoms with Crippen LogP contribution >= 0.6 is 11.3 Å². The van der Waals surface area contributed by atoms with Crippen LogP contribution in [0.1, 0.15) is 5.56 Å². The van der Waals surface area contributed by atoms with E-state index in [4.69, 9.17) is 9.47 Å². The molecule has 1 amide bonds. The van der Waals surface area contributed by atoms with Gasteiger partial charge >= 0.3 is 0 Å². The molecule has 168 valence electrons. The lowest BCUT2D eigenvalue weighted by Crippen LogP contribution is -2.54. The average Bonchev–Trinajstić information content (AvgIpc) is 3.28. The molecule has 2 heterocycles. The highest BCUT2D eigenvalue weighted by molar-refractivity contribution is 7.89. The van der Waals surface area contributed by atoms with Gasteiger partial charge in [-0.2, -0.15) is 4.31 Å². The van der Waals surface area contributed by atoms with E-state index < -0.39 is 22.0 Å². The van der Waals surface area contributed by atoms with Gasteiger partial charge in [0.25, 0.3) is 0 Å². The van der Waals surface area contributed by atoms with E-state index in [9.17, 15) is 13.2 Å². The lowest BCUT2D eigenvalue weighted by Gasteiger charge is -2.33. The summed E-state index contributed by atoms with van der Waals surface area (Å²) >= 11 is 1.27. The van der Waals surface area contributed by atoms with Crippen molar-refractivity contribution in [3.63, 3.8) is 0 Å². The first-order valence-electron chi connectivity index (χ1n) is 9.95. The minimum atomic E-state index is -3.85. The molecule has 3 aromatic rings. The molecule has 0 radical (unpaired) electrons. The molecular formula is C22H23N3O5S2. The highest BCUT2D eigenvalue weighted by Gasteiger charge is 2.38. The number of amides is 1. The molecule has 1 atom stereocenters. The molecule has 0 bridgehead atoms. The van der Waals surface area contributed by atoms with Crippen molar-refractivity contribution in [2.45, 2.75) is 17.9 Å². The number of sulfonamides is 1. The van der Waals surface area contributed by atoms with Gasteiger partial charge in [-0.3, -0.25) is 4.79 Å². The summed E-state index contributed by atoms with van der Waals surface area (Å²) in [5, 5.41) is 4.96. The summed E-state index contributed by atoms with van der Waals surface area (Å²) in [5.74, 6) is 0.265. The highest BCUT2D eigenvalue weighted by atomic mass is 32.2. The summed E-state index contributed by atoms with van der Waals surface area (Å²) in [6, 6.07) is 13.0. The van der Waals surface area contributed by atoms with Crippen molar-refractivity contribution in [1.82, 2.24) is 9.29 Å². The predicted molar refractivity (Wildman–Crippen MR) is 122 cm³/mol. The molecule has 2 aromatic carbocycles. The van der Waals surface area contributed by atoms with Crippen LogP contribution in [0.5, 0.6) is 5.75 Å². The fraction of sp³-hybridized carbons (Fsp3) is 0.273. The highest BCUT2D eigenvalue weighted by Crippen LogP contribution is 2.27. The number of aryl methyl sites for hydroxylation is 1. The maximum atomic E-state index is 13.2. The lowest BCUT2D eigenvalue weighted by molar-refractivity contribution is -0.123. The number of morpholine rings is 1. The van der Waals surface area contributed by atoms with E-state index in [0.717, 1.165) is 16.9 Å². The zero-order chi connectivity index (χ0) is 22.7. The van der Waals surface area contributed by atoms with Gasteiger partial charge in [-0.15, -0.1) is 11.3 Å². The molecular weight excluding hydrogens is 450 g/mol. The molecule has 1 unspecified atom stereocenters. The van der Waals surface area contributed by atoms with Crippen LogP contribution in [0.2, 0.25) is 0 Å². The minimum Gasteiger partial charge on any atom is -0.497 e. The molecule has 8 nitrogen and oxygen atoms in total. The number of aromatic nitrogens is 1. The first-order valence-corrected chi connectivity index (χ1v) is 12.3. The number of methoxy groups -OCH3 is 1. The summed E-state index contributed by atoms with van der Waals surface area (Å²) in [6.07, 6.45) is 0. The SMILES string of the molecule is COc1ccc(-c2csc(NC(=O)C3COCCN3S(=O)(=O)c3ccc(C)cc3)n2)cc1. The van der Waals surface area contributed by atoms with Gasteiger partial charge in [0.05, 0.1) is 30.9 Å². The smallest absolute Gasteiger partial charge is 0.247 e. The lowest BCUT2D eigenvalue weighted by atomic mass is 10.2. The van der Waals surface area contributed by atoms with Crippen molar-refractivity contribution in [3.05, 3.63) is 59.5 Å². The number of rotatable bonds is 6. The van der Waals surface area contributed by atoms with Crippen LogP contribution in [0, 0.1) is 6.92 Å². The quantitative estimate of drug-likeness (QED) is 0.591. The van der Waals surface area contributed by atoms with Gasteiger partial charge in [-0.1, -0.05) is 17.7 Å². The Morgan fingerprint density at radius 2 is 1.91 bits per heavy atom. The Hall–Kier alpha value is -2.79. The van der Waals surface area contributed by atoms with Crippen LogP contribution < -0.4 is 10.1 Å². The number of hydrogen-bond donors (Lipinski definition) is 1. The Morgan fingerprint density at radius 1 is 1.19 bits per heavy atom. The van der Waals surface area contributed by atoms with Crippen LogP contribution in [0.4, 0.5) is 5.13 Å². The topological polar surface area (TPSA) is 97.8 Å². The van der Waals surface area contributed by atoms with Crippen LogP contribution in [-0.2, 0) is 19.6 Å². The number of thiazole rings is 1. The van der Waals surface area contributed by atoms with E-state index in [0.29, 0.717) is 10.8 Å². The van der Waals surface area contributed by atoms with Crippen molar-refractivity contribution in [1.29, 1.82) is 0 Å². The van der Waals surface area contributed by atoms with Crippen LogP contribution in [0.15, 0.2) is 58.8 Å². The second kappa shape index (κ2) is 9.37. The van der Waals surface area contributed by atoms with E-state index in [2.05, 4.69) is 10.3 Å². The Morgan fingerprint density at radius 3 is 2.59 bits per heavy atom. The molecule has 0 spiro atoms. The molecule has 1 fully saturated rings. The Balaban J connectivity index is 1.51. The number of carbonyl (C=O) groups is 1. The Labute approximate surface area is 190 Å². The van der Waals surface area contributed by atoms with Crippen molar-refractivity contribution < 1.29 is 22.7 Å². The normalized spacial score (nSPS) is 17.1. The molecule has 0 saturated carbocycles. The third-order valence-corrected chi connectivity index (χ3v) is 7.81. The second-order valence-electron chi connectivity index (χ2n) is 7.28. The predicted octanol–water partition coefficient (Wildman–Crippen LogP) is 3.16. The molecule has 1 aliphatic rings. The van der Waals surface area contributed by atoms with Gasteiger partial charge in [0.2, 0.25) is 15.9 Å². The molecule has 4 rings (SSSR count). The molecule has 0 aliphatic carbocycles. The maximum Gasteiger partial charge on any atom is 0.247 e. The number of ether oxygens (including phenoxy) is 2. The second-order valence-corrected chi connectivity index (χ2v) is 10.0. The van der Waals surface area contributed by atoms with E-state index >= 15 is 0 Å². The molecule has 1 saturated heterocycles. The number of benzene rings is 2. The summed E-state index contributed by atoms with van der Waals surface area (Å²) in [4.78, 5) is 17.6. The van der Waals surface area contributed by atoms with Gasteiger partial charge in [-0.25, -0.2) is 13.4 Å². The summed E-state index contributed by atoms with van der Waals surface area (Å²) < 4.78 is 38.1. The molecule has 1 aliphatic heterocycles. The summed E-state index contributed by atoms with van der Waals surface area (Å²) in [6.45, 7) is 2.19. The zero-order valence-corrected chi connectivity index (χ0v) is 19.3. The van der Waals surface area contributed by atoms with Crippen molar-refractivity contribution >= 4 is 32.4 Å². The number of carbonyl (C=O) groups excluding carboxylic acids is 1. The molecule has 10 heteroatoms. The van der Waals surface area contributed by atoms with Crippen LogP contribution in [0.3, 0.4) is 0 Å². The number of anilines is 1. The first-order chi connectivity index (χ1) is 15.4. The number of hydrogen-bond acceptors (Lipinski definition) is 7. The molecule has 1 N–H and O–H groups in total. The third-order valence-electron chi connectivity index (χ3n) is 5.13. The average molecular weight is 474 g/mol. The van der Waals surface area contributed by atoms with Crippen molar-refractivity contribution in [2.24, 2.45) is 0 Å². The molecule has 1 aromatic heterocycles. The van der Waals surface area contributed by atoms with Gasteiger partial charge in [-0.05, 0) is 43.3 Å². The number of nitrogens with zero attached hydrogens (tertiary/aromatic N) is 2. The fourth-order valence-corrected chi connectivity index (χ4v) is 5.62. The van der Waals surface area contributed by atoms with E-state index in [1.807, 2.05) is 36.6 Å². The Kier molecular flexibility index (Phi) is 6.56.